The molecule has 0 amide bonds. The molecule has 1 aromatic carbocycles. The van der Waals surface area contributed by atoms with Crippen LogP contribution in [0.15, 0.2) is 24.3 Å². The Labute approximate surface area is 114 Å². The minimum Gasteiger partial charge on any atom is -0.492 e. The van der Waals surface area contributed by atoms with Crippen LogP contribution in [-0.2, 0) is 0 Å². The summed E-state index contributed by atoms with van der Waals surface area (Å²) in [6.45, 7) is 0.997. The van der Waals surface area contributed by atoms with Crippen molar-refractivity contribution in [3.63, 3.8) is 0 Å². The summed E-state index contributed by atoms with van der Waals surface area (Å²) < 4.78 is 5.46. The predicted molar refractivity (Wildman–Crippen MR) is 75.9 cm³/mol. The van der Waals surface area contributed by atoms with Crippen molar-refractivity contribution >= 4 is 0 Å². The van der Waals surface area contributed by atoms with E-state index >= 15 is 0 Å². The van der Waals surface area contributed by atoms with Gasteiger partial charge in [-0.1, -0.05) is 24.3 Å². The molecule has 3 N–H and O–H groups in total. The molecule has 0 atom stereocenters. The van der Waals surface area contributed by atoms with Crippen molar-refractivity contribution in [1.82, 2.24) is 0 Å². The number of hydrogen-bond acceptors (Lipinski definition) is 3. The quantitative estimate of drug-likeness (QED) is 0.817. The molecule has 2 rings (SSSR count). The summed E-state index contributed by atoms with van der Waals surface area (Å²) in [7, 11) is 0. The van der Waals surface area contributed by atoms with E-state index in [1.54, 1.807) is 0 Å². The molecule has 1 aromatic rings. The van der Waals surface area contributed by atoms with Crippen LogP contribution in [0.4, 0.5) is 0 Å². The van der Waals surface area contributed by atoms with Crippen LogP contribution in [0.1, 0.15) is 37.7 Å². The molecule has 0 heterocycles. The summed E-state index contributed by atoms with van der Waals surface area (Å²) in [4.78, 5) is 0. The number of hydrogen-bond donors (Lipinski definition) is 2. The van der Waals surface area contributed by atoms with E-state index in [0.29, 0.717) is 13.2 Å². The van der Waals surface area contributed by atoms with Crippen LogP contribution in [0.25, 0.3) is 0 Å². The molecule has 19 heavy (non-hydrogen) atoms. The Bertz CT molecular complexity index is 467. The predicted octanol–water partition coefficient (Wildman–Crippen LogP) is 2.07. The van der Waals surface area contributed by atoms with Gasteiger partial charge in [0.05, 0.1) is 0 Å². The molecule has 0 unspecified atom stereocenters. The summed E-state index contributed by atoms with van der Waals surface area (Å²) in [5.41, 5.74) is 5.47. The van der Waals surface area contributed by atoms with Gasteiger partial charge in [0.1, 0.15) is 18.0 Å². The maximum absolute atomic E-state index is 10.3. The average Bonchev–Trinajstić information content (AvgIpc) is 2.44. The molecule has 0 aromatic heterocycles. The molecule has 0 aliphatic heterocycles. The number of rotatable bonds is 3. The van der Waals surface area contributed by atoms with Crippen LogP contribution in [0.5, 0.6) is 5.75 Å². The molecule has 1 aliphatic rings. The first kappa shape index (κ1) is 13.9. The smallest absolute Gasteiger partial charge is 0.125 e. The van der Waals surface area contributed by atoms with Crippen LogP contribution < -0.4 is 10.5 Å². The van der Waals surface area contributed by atoms with Crippen molar-refractivity contribution in [2.45, 2.75) is 37.7 Å². The SMILES string of the molecule is NCCOc1cccc(C#CC2(O)CCCCC2)c1. The van der Waals surface area contributed by atoms with Crippen molar-refractivity contribution in [3.8, 4) is 17.6 Å². The third-order valence-corrected chi connectivity index (χ3v) is 3.34. The van der Waals surface area contributed by atoms with Gasteiger partial charge in [0.2, 0.25) is 0 Å². The molecule has 0 bridgehead atoms. The standard InChI is InChI=1S/C16H21NO2/c17-11-12-19-15-6-4-5-14(13-15)7-10-16(18)8-2-1-3-9-16/h4-6,13,18H,1-3,8-9,11-12,17H2. The fourth-order valence-corrected chi connectivity index (χ4v) is 2.29. The van der Waals surface area contributed by atoms with Gasteiger partial charge in [-0.25, -0.2) is 0 Å². The second-order valence-electron chi connectivity index (χ2n) is 5.01. The zero-order valence-electron chi connectivity index (χ0n) is 11.2. The second-order valence-corrected chi connectivity index (χ2v) is 5.01. The van der Waals surface area contributed by atoms with Crippen LogP contribution in [0.2, 0.25) is 0 Å². The molecule has 0 spiro atoms. The van der Waals surface area contributed by atoms with Crippen molar-refractivity contribution < 1.29 is 9.84 Å². The maximum Gasteiger partial charge on any atom is 0.125 e. The lowest BCUT2D eigenvalue weighted by molar-refractivity contribution is 0.0610. The number of benzene rings is 1. The van der Waals surface area contributed by atoms with Crippen LogP contribution in [0, 0.1) is 11.8 Å². The Morgan fingerprint density at radius 2 is 2.05 bits per heavy atom. The van der Waals surface area contributed by atoms with Gasteiger partial charge in [-0.05, 0) is 43.9 Å². The molecule has 1 saturated carbocycles. The number of aliphatic hydroxyl groups is 1. The molecule has 1 aliphatic carbocycles. The molecule has 3 heteroatoms. The molecule has 1 fully saturated rings. The Balaban J connectivity index is 2.06. The Morgan fingerprint density at radius 1 is 1.26 bits per heavy atom. The fourth-order valence-electron chi connectivity index (χ4n) is 2.29. The Morgan fingerprint density at radius 3 is 2.79 bits per heavy atom. The zero-order valence-corrected chi connectivity index (χ0v) is 11.2. The minimum atomic E-state index is -0.799. The lowest BCUT2D eigenvalue weighted by atomic mass is 9.85. The van der Waals surface area contributed by atoms with E-state index in [-0.39, 0.29) is 0 Å². The Kier molecular flexibility index (Phi) is 4.84. The van der Waals surface area contributed by atoms with Gasteiger partial charge in [-0.15, -0.1) is 0 Å². The highest BCUT2D eigenvalue weighted by Crippen LogP contribution is 2.27. The third-order valence-electron chi connectivity index (χ3n) is 3.34. The summed E-state index contributed by atoms with van der Waals surface area (Å²) in [6.07, 6.45) is 4.88. The fraction of sp³-hybridized carbons (Fsp3) is 0.500. The van der Waals surface area contributed by atoms with Crippen LogP contribution in [-0.4, -0.2) is 23.9 Å². The maximum atomic E-state index is 10.3. The number of nitrogens with two attached hydrogens (primary N) is 1. The van der Waals surface area contributed by atoms with Gasteiger partial charge in [0.25, 0.3) is 0 Å². The van der Waals surface area contributed by atoms with Crippen LogP contribution in [0.3, 0.4) is 0 Å². The summed E-state index contributed by atoms with van der Waals surface area (Å²) in [6, 6.07) is 7.60. The number of ether oxygens (including phenoxy) is 1. The minimum absolute atomic E-state index is 0.496. The highest BCUT2D eigenvalue weighted by Gasteiger charge is 2.26. The molecule has 0 radical (unpaired) electrons. The highest BCUT2D eigenvalue weighted by molar-refractivity contribution is 5.41. The Hall–Kier alpha value is -1.50. The van der Waals surface area contributed by atoms with Crippen LogP contribution >= 0.6 is 0 Å². The topological polar surface area (TPSA) is 55.5 Å². The van der Waals surface area contributed by atoms with Gasteiger partial charge in [0.15, 0.2) is 0 Å². The second kappa shape index (κ2) is 6.60. The van der Waals surface area contributed by atoms with E-state index in [1.807, 2.05) is 24.3 Å². The zero-order chi connectivity index (χ0) is 13.6. The summed E-state index contributed by atoms with van der Waals surface area (Å²) >= 11 is 0. The first-order valence-electron chi connectivity index (χ1n) is 6.90. The summed E-state index contributed by atoms with van der Waals surface area (Å²) in [5, 5.41) is 10.3. The van der Waals surface area contributed by atoms with E-state index in [9.17, 15) is 5.11 Å². The highest BCUT2D eigenvalue weighted by atomic mass is 16.5. The van der Waals surface area contributed by atoms with E-state index < -0.39 is 5.60 Å². The van der Waals surface area contributed by atoms with Gasteiger partial charge in [-0.3, -0.25) is 0 Å². The molecule has 102 valence electrons. The molecule has 3 nitrogen and oxygen atoms in total. The molecular weight excluding hydrogens is 238 g/mol. The third kappa shape index (κ3) is 4.27. The van der Waals surface area contributed by atoms with E-state index in [2.05, 4.69) is 11.8 Å². The van der Waals surface area contributed by atoms with Crippen molar-refractivity contribution in [2.24, 2.45) is 5.73 Å². The lowest BCUT2D eigenvalue weighted by Gasteiger charge is -2.26. The van der Waals surface area contributed by atoms with E-state index in [0.717, 1.165) is 37.0 Å². The first-order chi connectivity index (χ1) is 9.22. The van der Waals surface area contributed by atoms with Gasteiger partial charge in [-0.2, -0.15) is 0 Å². The van der Waals surface area contributed by atoms with Gasteiger partial charge >= 0.3 is 0 Å². The first-order valence-corrected chi connectivity index (χ1v) is 6.90. The normalized spacial score (nSPS) is 17.4. The van der Waals surface area contributed by atoms with E-state index in [4.69, 9.17) is 10.5 Å². The monoisotopic (exact) mass is 259 g/mol. The van der Waals surface area contributed by atoms with Gasteiger partial charge in [0, 0.05) is 12.1 Å². The van der Waals surface area contributed by atoms with Crippen molar-refractivity contribution in [2.75, 3.05) is 13.2 Å². The van der Waals surface area contributed by atoms with Crippen molar-refractivity contribution in [1.29, 1.82) is 0 Å². The largest absolute Gasteiger partial charge is 0.492 e. The lowest BCUT2D eigenvalue weighted by Crippen LogP contribution is -2.29. The molecular formula is C16H21NO2. The van der Waals surface area contributed by atoms with Gasteiger partial charge < -0.3 is 15.6 Å². The average molecular weight is 259 g/mol. The molecule has 0 saturated heterocycles. The van der Waals surface area contributed by atoms with E-state index in [1.165, 1.54) is 6.42 Å². The summed E-state index contributed by atoms with van der Waals surface area (Å²) in [5.74, 6) is 6.85. The van der Waals surface area contributed by atoms with Crippen molar-refractivity contribution in [3.05, 3.63) is 29.8 Å².